The number of aliphatic hydroxyl groups excluding tert-OH is 1. The van der Waals surface area contributed by atoms with Crippen LogP contribution in [0.25, 0.3) is 5.69 Å². The summed E-state index contributed by atoms with van der Waals surface area (Å²) < 4.78 is 3.63. The van der Waals surface area contributed by atoms with Crippen LogP contribution in [0.2, 0.25) is 0 Å². The average Bonchev–Trinajstić information content (AvgIpc) is 3.20. The summed E-state index contributed by atoms with van der Waals surface area (Å²) in [6, 6.07) is 8.09. The first-order valence-electron chi connectivity index (χ1n) is 9.46. The van der Waals surface area contributed by atoms with E-state index in [1.807, 2.05) is 29.4 Å². The van der Waals surface area contributed by atoms with E-state index < -0.39 is 0 Å². The Balaban J connectivity index is 1.63. The minimum atomic E-state index is -0.119. The number of hydrogen-bond acceptors (Lipinski definition) is 4. The normalized spacial score (nSPS) is 13.7. The maximum absolute atomic E-state index is 13.1. The Morgan fingerprint density at radius 3 is 2.50 bits per heavy atom. The van der Waals surface area contributed by atoms with Gasteiger partial charge in [0.2, 0.25) is 0 Å². The van der Waals surface area contributed by atoms with E-state index in [0.29, 0.717) is 24.5 Å². The number of carbonyl (C=O) groups is 1. The number of benzene rings is 1. The van der Waals surface area contributed by atoms with Crippen LogP contribution in [0.1, 0.15) is 44.3 Å². The van der Waals surface area contributed by atoms with E-state index >= 15 is 0 Å². The molecule has 1 amide bonds. The van der Waals surface area contributed by atoms with Crippen LogP contribution in [0.15, 0.2) is 24.3 Å². The highest BCUT2D eigenvalue weighted by atomic mass is 16.3. The quantitative estimate of drug-likeness (QED) is 0.757. The van der Waals surface area contributed by atoms with Gasteiger partial charge in [-0.3, -0.25) is 9.48 Å². The van der Waals surface area contributed by atoms with E-state index in [1.54, 1.807) is 4.90 Å². The molecule has 0 aliphatic carbocycles. The summed E-state index contributed by atoms with van der Waals surface area (Å²) in [7, 11) is 1.88. The maximum Gasteiger partial charge on any atom is 0.274 e. The van der Waals surface area contributed by atoms with Crippen LogP contribution < -0.4 is 0 Å². The average molecular weight is 379 g/mol. The molecule has 2 aromatic heterocycles. The van der Waals surface area contributed by atoms with Crippen molar-refractivity contribution in [1.82, 2.24) is 24.5 Å². The smallest absolute Gasteiger partial charge is 0.274 e. The molecule has 0 radical (unpaired) electrons. The van der Waals surface area contributed by atoms with Crippen molar-refractivity contribution in [3.05, 3.63) is 63.7 Å². The Bertz CT molecular complexity index is 1040. The van der Waals surface area contributed by atoms with Crippen LogP contribution in [-0.2, 0) is 26.6 Å². The molecule has 1 aliphatic rings. The molecular weight excluding hydrogens is 354 g/mol. The number of aliphatic hydroxyl groups is 1. The lowest BCUT2D eigenvalue weighted by Crippen LogP contribution is -2.36. The minimum Gasteiger partial charge on any atom is -0.390 e. The van der Waals surface area contributed by atoms with E-state index in [4.69, 9.17) is 0 Å². The van der Waals surface area contributed by atoms with Crippen LogP contribution in [-0.4, -0.2) is 42.0 Å². The molecule has 0 bridgehead atoms. The molecule has 0 spiro atoms. The number of fused-ring (bicyclic) bond motifs is 1. The van der Waals surface area contributed by atoms with Gasteiger partial charge in [-0.2, -0.15) is 10.2 Å². The molecule has 0 atom stereocenters. The molecule has 1 aromatic carbocycles. The lowest BCUT2D eigenvalue weighted by atomic mass is 10.0. The highest BCUT2D eigenvalue weighted by Gasteiger charge is 2.28. The first kappa shape index (κ1) is 18.4. The van der Waals surface area contributed by atoms with Gasteiger partial charge in [-0.15, -0.1) is 0 Å². The Kier molecular flexibility index (Phi) is 4.55. The summed E-state index contributed by atoms with van der Waals surface area (Å²) in [5, 5.41) is 18.5. The summed E-state index contributed by atoms with van der Waals surface area (Å²) in [6.07, 6.45) is 0.724. The Labute approximate surface area is 164 Å². The van der Waals surface area contributed by atoms with Crippen LogP contribution in [0.5, 0.6) is 0 Å². The SMILES string of the molecule is Cc1cc(C)cc(-n2nc(C(=O)N3CCc4c(c(CO)nn4C)C3)cc2C)c1. The molecule has 28 heavy (non-hydrogen) atoms. The fourth-order valence-electron chi connectivity index (χ4n) is 4.05. The van der Waals surface area contributed by atoms with Gasteiger partial charge in [-0.05, 0) is 50.1 Å². The molecule has 0 saturated heterocycles. The second-order valence-corrected chi connectivity index (χ2v) is 7.56. The summed E-state index contributed by atoms with van der Waals surface area (Å²) in [5.74, 6) is -0.0929. The molecular formula is C21H25N5O2. The van der Waals surface area contributed by atoms with Gasteiger partial charge < -0.3 is 10.0 Å². The molecule has 0 unspecified atom stereocenters. The molecule has 0 fully saturated rings. The number of amides is 1. The van der Waals surface area contributed by atoms with Gasteiger partial charge >= 0.3 is 0 Å². The van der Waals surface area contributed by atoms with Crippen LogP contribution in [0, 0.1) is 20.8 Å². The van der Waals surface area contributed by atoms with E-state index in [-0.39, 0.29) is 12.5 Å². The first-order chi connectivity index (χ1) is 13.4. The minimum absolute atomic E-state index is 0.0929. The predicted molar refractivity (Wildman–Crippen MR) is 105 cm³/mol. The number of aromatic nitrogens is 4. The highest BCUT2D eigenvalue weighted by Crippen LogP contribution is 2.24. The second-order valence-electron chi connectivity index (χ2n) is 7.56. The molecule has 0 saturated carbocycles. The van der Waals surface area contributed by atoms with E-state index in [2.05, 4.69) is 42.2 Å². The van der Waals surface area contributed by atoms with Gasteiger partial charge in [0.15, 0.2) is 5.69 Å². The molecule has 7 nitrogen and oxygen atoms in total. The first-order valence-corrected chi connectivity index (χ1v) is 9.46. The lowest BCUT2D eigenvalue weighted by Gasteiger charge is -2.27. The molecule has 7 heteroatoms. The van der Waals surface area contributed by atoms with Crippen LogP contribution in [0.3, 0.4) is 0 Å². The van der Waals surface area contributed by atoms with Crippen molar-refractivity contribution >= 4 is 5.91 Å². The van der Waals surface area contributed by atoms with E-state index in [0.717, 1.165) is 40.2 Å². The number of rotatable bonds is 3. The highest BCUT2D eigenvalue weighted by molar-refractivity contribution is 5.92. The van der Waals surface area contributed by atoms with Crippen molar-refractivity contribution in [3.63, 3.8) is 0 Å². The van der Waals surface area contributed by atoms with E-state index in [9.17, 15) is 9.90 Å². The molecule has 3 heterocycles. The summed E-state index contributed by atoms with van der Waals surface area (Å²) in [5.41, 5.74) is 7.33. The zero-order valence-electron chi connectivity index (χ0n) is 16.7. The van der Waals surface area contributed by atoms with E-state index in [1.165, 1.54) is 0 Å². The van der Waals surface area contributed by atoms with Crippen molar-refractivity contribution in [3.8, 4) is 5.69 Å². The Morgan fingerprint density at radius 2 is 1.82 bits per heavy atom. The summed E-state index contributed by atoms with van der Waals surface area (Å²) in [4.78, 5) is 14.9. The number of nitrogens with zero attached hydrogens (tertiary/aromatic N) is 5. The molecule has 3 aromatic rings. The number of aryl methyl sites for hydroxylation is 4. The largest absolute Gasteiger partial charge is 0.390 e. The summed E-state index contributed by atoms with van der Waals surface area (Å²) in [6.45, 7) is 7.02. The van der Waals surface area contributed by atoms with Crippen molar-refractivity contribution < 1.29 is 9.90 Å². The Morgan fingerprint density at radius 1 is 1.11 bits per heavy atom. The van der Waals surface area contributed by atoms with Gasteiger partial charge in [0.05, 0.1) is 18.0 Å². The van der Waals surface area contributed by atoms with Crippen molar-refractivity contribution in [2.45, 2.75) is 40.3 Å². The second kappa shape index (κ2) is 6.91. The van der Waals surface area contributed by atoms with Gasteiger partial charge in [0.1, 0.15) is 0 Å². The number of hydrogen-bond donors (Lipinski definition) is 1. The molecule has 1 aliphatic heterocycles. The van der Waals surface area contributed by atoms with Gasteiger partial charge in [-0.1, -0.05) is 6.07 Å². The third-order valence-electron chi connectivity index (χ3n) is 5.32. The molecule has 146 valence electrons. The zero-order valence-corrected chi connectivity index (χ0v) is 16.7. The van der Waals surface area contributed by atoms with Gasteiger partial charge in [0.25, 0.3) is 5.91 Å². The van der Waals surface area contributed by atoms with Crippen LogP contribution in [0.4, 0.5) is 0 Å². The molecule has 1 N–H and O–H groups in total. The van der Waals surface area contributed by atoms with Crippen molar-refractivity contribution in [2.24, 2.45) is 7.05 Å². The standard InChI is InChI=1S/C21H25N5O2/c1-13-7-14(2)9-16(8-13)26-15(3)10-18(23-26)21(28)25-6-5-20-17(11-25)19(12-27)22-24(20)4/h7-10,27H,5-6,11-12H2,1-4H3. The molecule has 4 rings (SSSR count). The topological polar surface area (TPSA) is 76.2 Å². The fraction of sp³-hybridized carbons (Fsp3) is 0.381. The zero-order chi connectivity index (χ0) is 20.0. The number of carbonyl (C=O) groups excluding carboxylic acids is 1. The maximum atomic E-state index is 13.1. The third kappa shape index (κ3) is 3.11. The van der Waals surface area contributed by atoms with Crippen molar-refractivity contribution in [1.29, 1.82) is 0 Å². The predicted octanol–water partition coefficient (Wildman–Crippen LogP) is 2.22. The fourth-order valence-corrected chi connectivity index (χ4v) is 4.05. The monoisotopic (exact) mass is 379 g/mol. The van der Waals surface area contributed by atoms with Crippen molar-refractivity contribution in [2.75, 3.05) is 6.54 Å². The third-order valence-corrected chi connectivity index (χ3v) is 5.32. The Hall–Kier alpha value is -2.93. The van der Waals surface area contributed by atoms with Gasteiger partial charge in [0, 0.05) is 43.5 Å². The lowest BCUT2D eigenvalue weighted by molar-refractivity contribution is 0.0725. The summed E-state index contributed by atoms with van der Waals surface area (Å²) >= 11 is 0. The van der Waals surface area contributed by atoms with Gasteiger partial charge in [-0.25, -0.2) is 4.68 Å². The van der Waals surface area contributed by atoms with Crippen LogP contribution >= 0.6 is 0 Å².